The van der Waals surface area contributed by atoms with Crippen LogP contribution >= 0.6 is 22.9 Å². The Bertz CT molecular complexity index is 1140. The number of carbonyl (C=O) groups excluding carboxylic acids is 3. The minimum absolute atomic E-state index is 0.0580. The van der Waals surface area contributed by atoms with Crippen LogP contribution in [0.4, 0.5) is 21.2 Å². The van der Waals surface area contributed by atoms with Gasteiger partial charge in [0.2, 0.25) is 12.0 Å². The van der Waals surface area contributed by atoms with Crippen molar-refractivity contribution in [1.82, 2.24) is 4.90 Å². The van der Waals surface area contributed by atoms with E-state index in [0.717, 1.165) is 0 Å². The molecule has 1 aromatic heterocycles. The van der Waals surface area contributed by atoms with Gasteiger partial charge in [-0.05, 0) is 50.5 Å². The fourth-order valence-electron chi connectivity index (χ4n) is 3.02. The molecule has 0 saturated carbocycles. The van der Waals surface area contributed by atoms with Gasteiger partial charge < -0.3 is 19.9 Å². The highest BCUT2D eigenvalue weighted by Gasteiger charge is 2.25. The van der Waals surface area contributed by atoms with E-state index in [1.165, 1.54) is 11.3 Å². The molecule has 0 spiro atoms. The molecule has 0 aliphatic carbocycles. The maximum Gasteiger partial charge on any atom is 0.413 e. The summed E-state index contributed by atoms with van der Waals surface area (Å²) in [6.07, 6.45) is -1.96. The molecule has 2 N–H and O–H groups in total. The average molecular weight is 501 g/mol. The molecule has 0 aliphatic rings. The molecule has 34 heavy (non-hydrogen) atoms. The highest BCUT2D eigenvalue weighted by atomic mass is 35.5. The Kier molecular flexibility index (Phi) is 8.64. The van der Waals surface area contributed by atoms with Gasteiger partial charge in [-0.1, -0.05) is 41.9 Å². The zero-order valence-electron chi connectivity index (χ0n) is 18.9. The summed E-state index contributed by atoms with van der Waals surface area (Å²) in [7, 11) is 5.34. The summed E-state index contributed by atoms with van der Waals surface area (Å²) in [5.41, 5.74) is 1.71. The van der Waals surface area contributed by atoms with Crippen LogP contribution in [0.15, 0.2) is 66.7 Å². The first-order valence-corrected chi connectivity index (χ1v) is 11.5. The van der Waals surface area contributed by atoms with E-state index in [2.05, 4.69) is 10.6 Å². The molecule has 8 nitrogen and oxygen atoms in total. The molecule has 0 radical (unpaired) electrons. The minimum atomic E-state index is -1.18. The number of hydrogen-bond acceptors (Lipinski definition) is 6. The molecule has 0 aliphatic heterocycles. The molecule has 2 aromatic carbocycles. The first-order chi connectivity index (χ1) is 16.2. The lowest BCUT2D eigenvalue weighted by Gasteiger charge is -2.21. The highest BCUT2D eigenvalue weighted by molar-refractivity contribution is 7.20. The van der Waals surface area contributed by atoms with Crippen LogP contribution in [0.25, 0.3) is 0 Å². The third kappa shape index (κ3) is 7.05. The number of halogens is 1. The summed E-state index contributed by atoms with van der Waals surface area (Å²) >= 11 is 7.08. The molecule has 3 aromatic rings. The quantitative estimate of drug-likeness (QED) is 0.461. The number of amides is 3. The summed E-state index contributed by atoms with van der Waals surface area (Å²) < 4.78 is 5.98. The third-order valence-electron chi connectivity index (χ3n) is 4.71. The third-order valence-corrected chi connectivity index (χ3v) is 5.86. The Hall–Kier alpha value is -3.40. The Morgan fingerprint density at radius 2 is 1.62 bits per heavy atom. The lowest BCUT2D eigenvalue weighted by Crippen LogP contribution is -2.35. The van der Waals surface area contributed by atoms with Crippen molar-refractivity contribution in [1.29, 1.82) is 0 Å². The van der Waals surface area contributed by atoms with Crippen molar-refractivity contribution in [2.24, 2.45) is 0 Å². The molecule has 3 amide bonds. The van der Waals surface area contributed by atoms with E-state index < -0.39 is 18.1 Å². The van der Waals surface area contributed by atoms with E-state index in [1.807, 2.05) is 14.1 Å². The van der Waals surface area contributed by atoms with E-state index in [9.17, 15) is 14.4 Å². The molecule has 0 bridgehead atoms. The van der Waals surface area contributed by atoms with Crippen molar-refractivity contribution in [3.63, 3.8) is 0 Å². The number of nitrogens with zero attached hydrogens (tertiary/aromatic N) is 2. The number of carbonyl (C=O) groups is 3. The largest absolute Gasteiger partial charge is 0.431 e. The predicted molar refractivity (Wildman–Crippen MR) is 136 cm³/mol. The fourth-order valence-corrected chi connectivity index (χ4v) is 3.95. The van der Waals surface area contributed by atoms with Gasteiger partial charge in [-0.2, -0.15) is 0 Å². The van der Waals surface area contributed by atoms with Crippen LogP contribution in [0.3, 0.4) is 0 Å². The monoisotopic (exact) mass is 500 g/mol. The molecular formula is C24H25ClN4O4S. The normalized spacial score (nSPS) is 11.6. The number of thiophene rings is 1. The standard InChI is InChI=1S/C24H25ClN4O4S/c1-28(2)15-21(30)29(3)18-11-9-17(10-12-18)26-23(31)22(16-7-5-4-6-8-16)33-24(32)27-20-14-13-19(25)34-20/h4-14,22H,15H2,1-3H3,(H,26,31)(H,27,32). The minimum Gasteiger partial charge on any atom is -0.431 e. The summed E-state index contributed by atoms with van der Waals surface area (Å²) in [5, 5.41) is 5.85. The van der Waals surface area contributed by atoms with Crippen LogP contribution in [0, 0.1) is 0 Å². The van der Waals surface area contributed by atoms with Crippen LogP contribution in [0.5, 0.6) is 0 Å². The van der Waals surface area contributed by atoms with Gasteiger partial charge in [0.05, 0.1) is 15.9 Å². The van der Waals surface area contributed by atoms with E-state index in [4.69, 9.17) is 16.3 Å². The van der Waals surface area contributed by atoms with Crippen molar-refractivity contribution in [3.8, 4) is 0 Å². The lowest BCUT2D eigenvalue weighted by atomic mass is 10.1. The van der Waals surface area contributed by atoms with Gasteiger partial charge in [-0.15, -0.1) is 11.3 Å². The first-order valence-electron chi connectivity index (χ1n) is 10.3. The summed E-state index contributed by atoms with van der Waals surface area (Å²) in [6, 6.07) is 18.8. The second-order valence-electron chi connectivity index (χ2n) is 7.65. The molecular weight excluding hydrogens is 476 g/mol. The molecule has 1 atom stereocenters. The van der Waals surface area contributed by atoms with Gasteiger partial charge in [0.25, 0.3) is 5.91 Å². The lowest BCUT2D eigenvalue weighted by molar-refractivity contribution is -0.124. The van der Waals surface area contributed by atoms with E-state index >= 15 is 0 Å². The van der Waals surface area contributed by atoms with Crippen LogP contribution < -0.4 is 15.5 Å². The summed E-state index contributed by atoms with van der Waals surface area (Å²) in [6.45, 7) is 0.283. The van der Waals surface area contributed by atoms with Gasteiger partial charge in [-0.3, -0.25) is 14.9 Å². The molecule has 178 valence electrons. The maximum absolute atomic E-state index is 13.0. The molecule has 0 fully saturated rings. The Labute approximate surface area is 207 Å². The first kappa shape index (κ1) is 25.2. The van der Waals surface area contributed by atoms with Crippen molar-refractivity contribution in [2.45, 2.75) is 6.10 Å². The van der Waals surface area contributed by atoms with Gasteiger partial charge in [0.15, 0.2) is 0 Å². The van der Waals surface area contributed by atoms with Crippen molar-refractivity contribution in [3.05, 3.63) is 76.6 Å². The second kappa shape index (κ2) is 11.6. The van der Waals surface area contributed by atoms with Gasteiger partial charge in [0.1, 0.15) is 0 Å². The van der Waals surface area contributed by atoms with Gasteiger partial charge in [-0.25, -0.2) is 4.79 Å². The topological polar surface area (TPSA) is 91.0 Å². The smallest absolute Gasteiger partial charge is 0.413 e. The fraction of sp³-hybridized carbons (Fsp3) is 0.208. The SMILES string of the molecule is CN(C)CC(=O)N(C)c1ccc(NC(=O)C(OC(=O)Nc2ccc(Cl)s2)c2ccccc2)cc1. The van der Waals surface area contributed by atoms with Gasteiger partial charge in [0, 0.05) is 24.0 Å². The molecule has 1 unspecified atom stereocenters. The van der Waals surface area contributed by atoms with Crippen LogP contribution in [0.2, 0.25) is 4.34 Å². The Balaban J connectivity index is 1.70. The van der Waals surface area contributed by atoms with Crippen LogP contribution in [-0.4, -0.2) is 50.5 Å². The van der Waals surface area contributed by atoms with Crippen molar-refractivity contribution in [2.75, 3.05) is 43.2 Å². The summed E-state index contributed by atoms with van der Waals surface area (Å²) in [4.78, 5) is 41.1. The molecule has 10 heteroatoms. The molecule has 3 rings (SSSR count). The second-order valence-corrected chi connectivity index (χ2v) is 9.37. The highest BCUT2D eigenvalue weighted by Crippen LogP contribution is 2.27. The van der Waals surface area contributed by atoms with E-state index in [0.29, 0.717) is 26.3 Å². The van der Waals surface area contributed by atoms with Crippen LogP contribution in [0.1, 0.15) is 11.7 Å². The predicted octanol–water partition coefficient (Wildman–Crippen LogP) is 4.85. The van der Waals surface area contributed by atoms with E-state index in [1.54, 1.807) is 83.6 Å². The Morgan fingerprint density at radius 3 is 2.21 bits per heavy atom. The van der Waals surface area contributed by atoms with Crippen molar-refractivity contribution >= 4 is 57.2 Å². The number of hydrogen-bond donors (Lipinski definition) is 2. The zero-order valence-corrected chi connectivity index (χ0v) is 20.5. The van der Waals surface area contributed by atoms with Gasteiger partial charge >= 0.3 is 6.09 Å². The number of likely N-dealkylation sites (N-methyl/N-ethyl adjacent to an activating group) is 2. The number of benzene rings is 2. The van der Waals surface area contributed by atoms with Crippen molar-refractivity contribution < 1.29 is 19.1 Å². The van der Waals surface area contributed by atoms with Crippen LogP contribution in [-0.2, 0) is 14.3 Å². The number of rotatable bonds is 8. The number of ether oxygens (including phenoxy) is 1. The summed E-state index contributed by atoms with van der Waals surface area (Å²) in [5.74, 6) is -0.576. The maximum atomic E-state index is 13.0. The number of nitrogens with one attached hydrogen (secondary N) is 2. The zero-order chi connectivity index (χ0) is 24.7. The van der Waals surface area contributed by atoms with E-state index in [-0.39, 0.29) is 12.5 Å². The Morgan fingerprint density at radius 1 is 0.941 bits per heavy atom. The average Bonchev–Trinajstić information content (AvgIpc) is 3.21. The molecule has 1 heterocycles. The number of anilines is 3. The molecule has 0 saturated heterocycles.